The zero-order chi connectivity index (χ0) is 20.8. The number of halogens is 4. The molecule has 1 atom stereocenters. The average Bonchev–Trinajstić information content (AvgIpc) is 2.78. The highest BCUT2D eigenvalue weighted by Gasteiger charge is 2.31. The summed E-state index contributed by atoms with van der Waals surface area (Å²) in [6.07, 6.45) is 8.56. The molecule has 4 rings (SSSR count). The van der Waals surface area contributed by atoms with Gasteiger partial charge in [-0.25, -0.2) is 8.78 Å². The van der Waals surface area contributed by atoms with Gasteiger partial charge in [-0.15, -0.1) is 24.8 Å². The molecule has 0 N–H and O–H groups in total. The number of rotatable bonds is 6. The minimum absolute atomic E-state index is 0. The number of hydrogen-bond acceptors (Lipinski definition) is 2. The summed E-state index contributed by atoms with van der Waals surface area (Å²) in [5, 5.41) is 0. The van der Waals surface area contributed by atoms with E-state index in [9.17, 15) is 8.78 Å². The maximum Gasteiger partial charge on any atom is 0.270 e. The predicted molar refractivity (Wildman–Crippen MR) is 134 cm³/mol. The van der Waals surface area contributed by atoms with Crippen molar-refractivity contribution in [3.8, 4) is 0 Å². The van der Waals surface area contributed by atoms with Crippen LogP contribution in [0.25, 0.3) is 6.08 Å². The first kappa shape index (κ1) is 26.3. The molecule has 0 saturated carbocycles. The lowest BCUT2D eigenvalue weighted by Gasteiger charge is -2.40. The molecule has 2 aromatic carbocycles. The topological polar surface area (TPSA) is 6.48 Å². The first-order valence-corrected chi connectivity index (χ1v) is 10.6. The first-order chi connectivity index (χ1) is 14.6. The second-order valence-electron chi connectivity index (χ2n) is 7.97. The monoisotopic (exact) mass is 478 g/mol. The molecular formula is C26H30Cl2F2N2. The van der Waals surface area contributed by atoms with Crippen LogP contribution in [-0.4, -0.2) is 48.4 Å². The Morgan fingerprint density at radius 2 is 1.50 bits per heavy atom. The molecule has 0 aromatic heterocycles. The van der Waals surface area contributed by atoms with Gasteiger partial charge in [0.05, 0.1) is 6.04 Å². The highest BCUT2D eigenvalue weighted by Crippen LogP contribution is 2.36. The molecule has 32 heavy (non-hydrogen) atoms. The van der Waals surface area contributed by atoms with E-state index in [0.29, 0.717) is 0 Å². The molecule has 1 saturated heterocycles. The lowest BCUT2D eigenvalue weighted by atomic mass is 9.91. The summed E-state index contributed by atoms with van der Waals surface area (Å²) in [5.41, 5.74) is 3.36. The molecule has 1 unspecified atom stereocenters. The van der Waals surface area contributed by atoms with Crippen molar-refractivity contribution in [3.05, 3.63) is 102 Å². The van der Waals surface area contributed by atoms with Crippen LogP contribution in [0.5, 0.6) is 0 Å². The Kier molecular flexibility index (Phi) is 10.1. The minimum Gasteiger partial charge on any atom is -0.297 e. The molecule has 1 aliphatic carbocycles. The normalized spacial score (nSPS) is 19.6. The Bertz CT molecular complexity index is 906. The van der Waals surface area contributed by atoms with E-state index >= 15 is 0 Å². The van der Waals surface area contributed by atoms with Crippen LogP contribution in [0.2, 0.25) is 0 Å². The number of piperazine rings is 1. The van der Waals surface area contributed by atoms with Crippen LogP contribution in [0.1, 0.15) is 23.6 Å². The first-order valence-electron chi connectivity index (χ1n) is 10.6. The van der Waals surface area contributed by atoms with E-state index in [4.69, 9.17) is 0 Å². The van der Waals surface area contributed by atoms with Gasteiger partial charge in [0.25, 0.3) is 5.92 Å². The Hall–Kier alpha value is -1.98. The molecule has 172 valence electrons. The fourth-order valence-electron chi connectivity index (χ4n) is 4.17. The highest BCUT2D eigenvalue weighted by atomic mass is 35.5. The molecule has 2 aromatic rings. The number of alkyl halides is 2. The van der Waals surface area contributed by atoms with Crippen molar-refractivity contribution in [2.75, 3.05) is 32.7 Å². The SMILES string of the molecule is Cl.Cl.FC1(F)C=CC(C(c2ccccc2)N2CCN(C/C=C/c3ccccc3)CC2)=CC1. The third-order valence-electron chi connectivity index (χ3n) is 5.81. The molecule has 0 bridgehead atoms. The molecule has 0 amide bonds. The van der Waals surface area contributed by atoms with Gasteiger partial charge in [0.2, 0.25) is 0 Å². The molecule has 1 heterocycles. The van der Waals surface area contributed by atoms with Crippen molar-refractivity contribution < 1.29 is 8.78 Å². The Morgan fingerprint density at radius 3 is 2.09 bits per heavy atom. The Balaban J connectivity index is 0.00000181. The molecule has 0 radical (unpaired) electrons. The highest BCUT2D eigenvalue weighted by molar-refractivity contribution is 5.85. The van der Waals surface area contributed by atoms with Crippen LogP contribution in [0.4, 0.5) is 8.78 Å². The van der Waals surface area contributed by atoms with Crippen LogP contribution in [0.15, 0.2) is 90.5 Å². The molecular weight excluding hydrogens is 449 g/mol. The lowest BCUT2D eigenvalue weighted by Crippen LogP contribution is -2.48. The van der Waals surface area contributed by atoms with E-state index in [0.717, 1.165) is 49.9 Å². The van der Waals surface area contributed by atoms with E-state index in [2.05, 4.69) is 46.2 Å². The summed E-state index contributed by atoms with van der Waals surface area (Å²) in [7, 11) is 0. The van der Waals surface area contributed by atoms with Crippen LogP contribution in [0, 0.1) is 0 Å². The minimum atomic E-state index is -2.73. The van der Waals surface area contributed by atoms with Gasteiger partial charge in [-0.05, 0) is 22.8 Å². The predicted octanol–water partition coefficient (Wildman–Crippen LogP) is 6.42. The second kappa shape index (κ2) is 12.3. The molecule has 1 fully saturated rings. The van der Waals surface area contributed by atoms with Crippen LogP contribution < -0.4 is 0 Å². The summed E-state index contributed by atoms with van der Waals surface area (Å²) in [5.74, 6) is -2.73. The zero-order valence-electron chi connectivity index (χ0n) is 17.9. The van der Waals surface area contributed by atoms with Gasteiger partial charge in [-0.3, -0.25) is 9.80 Å². The van der Waals surface area contributed by atoms with E-state index < -0.39 is 5.92 Å². The van der Waals surface area contributed by atoms with Gasteiger partial charge >= 0.3 is 0 Å². The largest absolute Gasteiger partial charge is 0.297 e. The number of benzene rings is 2. The molecule has 1 aliphatic heterocycles. The van der Waals surface area contributed by atoms with Gasteiger partial charge in [0.15, 0.2) is 0 Å². The molecule has 2 nitrogen and oxygen atoms in total. The van der Waals surface area contributed by atoms with Crippen molar-refractivity contribution in [2.24, 2.45) is 0 Å². The summed E-state index contributed by atoms with van der Waals surface area (Å²) in [6.45, 7) is 4.69. The van der Waals surface area contributed by atoms with Crippen molar-refractivity contribution in [2.45, 2.75) is 18.4 Å². The van der Waals surface area contributed by atoms with Crippen LogP contribution >= 0.6 is 24.8 Å². The van der Waals surface area contributed by atoms with Gasteiger partial charge in [-0.1, -0.05) is 85.0 Å². The maximum atomic E-state index is 13.6. The summed E-state index contributed by atoms with van der Waals surface area (Å²) in [6, 6.07) is 20.6. The average molecular weight is 479 g/mol. The summed E-state index contributed by atoms with van der Waals surface area (Å²) >= 11 is 0. The van der Waals surface area contributed by atoms with E-state index in [1.807, 2.05) is 36.4 Å². The van der Waals surface area contributed by atoms with E-state index in [1.165, 1.54) is 5.56 Å². The second-order valence-corrected chi connectivity index (χ2v) is 7.97. The number of hydrogen-bond donors (Lipinski definition) is 0. The van der Waals surface area contributed by atoms with Crippen LogP contribution in [-0.2, 0) is 0 Å². The smallest absolute Gasteiger partial charge is 0.270 e. The lowest BCUT2D eigenvalue weighted by molar-refractivity contribution is 0.0558. The zero-order valence-corrected chi connectivity index (χ0v) is 19.6. The van der Waals surface area contributed by atoms with Gasteiger partial charge < -0.3 is 0 Å². The van der Waals surface area contributed by atoms with Crippen molar-refractivity contribution in [1.82, 2.24) is 9.80 Å². The fourth-order valence-corrected chi connectivity index (χ4v) is 4.17. The van der Waals surface area contributed by atoms with Crippen molar-refractivity contribution in [1.29, 1.82) is 0 Å². The van der Waals surface area contributed by atoms with Gasteiger partial charge in [-0.2, -0.15) is 0 Å². The standard InChI is InChI=1S/C26H28F2N2.2ClH/c27-26(28)15-13-24(14-16-26)25(23-11-5-2-6-12-23)30-20-18-29(19-21-30)17-7-10-22-8-3-1-4-9-22;;/h1-15,25H,16-21H2;2*1H/b10-7+;;. The van der Waals surface area contributed by atoms with Crippen molar-refractivity contribution >= 4 is 30.9 Å². The van der Waals surface area contributed by atoms with Gasteiger partial charge in [0, 0.05) is 39.1 Å². The van der Waals surface area contributed by atoms with E-state index in [1.54, 1.807) is 12.2 Å². The summed E-state index contributed by atoms with van der Waals surface area (Å²) in [4.78, 5) is 4.86. The number of nitrogens with zero attached hydrogens (tertiary/aromatic N) is 2. The number of allylic oxidation sites excluding steroid dienone is 2. The maximum absolute atomic E-state index is 13.6. The Labute approximate surface area is 202 Å². The molecule has 0 spiro atoms. The molecule has 6 heteroatoms. The van der Waals surface area contributed by atoms with Gasteiger partial charge in [0.1, 0.15) is 0 Å². The third-order valence-corrected chi connectivity index (χ3v) is 5.81. The van der Waals surface area contributed by atoms with E-state index in [-0.39, 0.29) is 37.3 Å². The van der Waals surface area contributed by atoms with Crippen LogP contribution in [0.3, 0.4) is 0 Å². The third kappa shape index (κ3) is 7.01. The van der Waals surface area contributed by atoms with Crippen molar-refractivity contribution in [3.63, 3.8) is 0 Å². The summed E-state index contributed by atoms with van der Waals surface area (Å²) < 4.78 is 27.2. The Morgan fingerprint density at radius 1 is 0.875 bits per heavy atom. The fraction of sp³-hybridized carbons (Fsp3) is 0.308. The quantitative estimate of drug-likeness (QED) is 0.472. The molecule has 2 aliphatic rings.